The Balaban J connectivity index is 0.000000640. The van der Waals surface area contributed by atoms with E-state index in [2.05, 4.69) is 0 Å². The molecule has 0 amide bonds. The van der Waals surface area contributed by atoms with Crippen molar-refractivity contribution in [2.24, 2.45) is 0 Å². The van der Waals surface area contributed by atoms with Crippen LogP contribution in [0.3, 0.4) is 0 Å². The Bertz CT molecular complexity index is 75.4. The van der Waals surface area contributed by atoms with Crippen molar-refractivity contribution in [2.45, 2.75) is 25.2 Å². The molecule has 56 valence electrons. The minimum absolute atomic E-state index is 0. The Labute approximate surface area is 53.4 Å². The van der Waals surface area contributed by atoms with E-state index in [4.69, 9.17) is 14.9 Å². The Morgan fingerprint density at radius 2 is 2.11 bits per heavy atom. The van der Waals surface area contributed by atoms with E-state index in [1.54, 1.807) is 0 Å². The molecule has 9 heavy (non-hydrogen) atoms. The second-order valence-corrected chi connectivity index (χ2v) is 1.97. The second kappa shape index (κ2) is 3.79. The Morgan fingerprint density at radius 1 is 1.44 bits per heavy atom. The zero-order chi connectivity index (χ0) is 5.98. The van der Waals surface area contributed by atoms with E-state index in [1.165, 1.54) is 0 Å². The predicted octanol–water partition coefficient (Wildman–Crippen LogP) is -1.35. The number of hydrogen-bond donors (Lipinski definition) is 2. The average molecular weight is 136 g/mol. The van der Waals surface area contributed by atoms with Crippen molar-refractivity contribution < 1.29 is 20.4 Å². The summed E-state index contributed by atoms with van der Waals surface area (Å²) in [5.41, 5.74) is 0. The fourth-order valence-corrected chi connectivity index (χ4v) is 0.821. The van der Waals surface area contributed by atoms with E-state index in [0.717, 1.165) is 6.42 Å². The molecule has 1 fully saturated rings. The van der Waals surface area contributed by atoms with Gasteiger partial charge in [-0.15, -0.1) is 0 Å². The smallest absolute Gasteiger partial charge is 0.155 e. The second-order valence-electron chi connectivity index (χ2n) is 1.97. The molecule has 0 aromatic heterocycles. The highest BCUT2D eigenvalue weighted by atomic mass is 16.6. The van der Waals surface area contributed by atoms with Gasteiger partial charge in [0.2, 0.25) is 0 Å². The van der Waals surface area contributed by atoms with Gasteiger partial charge < -0.3 is 20.4 Å². The van der Waals surface area contributed by atoms with Crippen LogP contribution in [0.25, 0.3) is 0 Å². The first-order valence-corrected chi connectivity index (χ1v) is 2.77. The van der Waals surface area contributed by atoms with Crippen molar-refractivity contribution in [1.82, 2.24) is 0 Å². The summed E-state index contributed by atoms with van der Waals surface area (Å²) in [5.74, 6) is 0. The van der Waals surface area contributed by atoms with Gasteiger partial charge >= 0.3 is 0 Å². The summed E-state index contributed by atoms with van der Waals surface area (Å²) >= 11 is 0. The summed E-state index contributed by atoms with van der Waals surface area (Å²) in [6, 6.07) is 0. The Morgan fingerprint density at radius 3 is 2.33 bits per heavy atom. The number of hydrogen-bond acceptors (Lipinski definition) is 3. The zero-order valence-electron chi connectivity index (χ0n) is 5.08. The molecule has 1 aliphatic rings. The molecular formula is C5H12O4. The van der Waals surface area contributed by atoms with Gasteiger partial charge in [-0.1, -0.05) is 0 Å². The third-order valence-corrected chi connectivity index (χ3v) is 1.29. The van der Waals surface area contributed by atoms with Crippen LogP contribution in [0.1, 0.15) is 12.8 Å². The van der Waals surface area contributed by atoms with Gasteiger partial charge in [0.1, 0.15) is 0 Å². The molecular weight excluding hydrogens is 124 g/mol. The van der Waals surface area contributed by atoms with Crippen LogP contribution in [0, 0.1) is 0 Å². The highest BCUT2D eigenvalue weighted by Gasteiger charge is 2.21. The summed E-state index contributed by atoms with van der Waals surface area (Å²) in [7, 11) is 0. The van der Waals surface area contributed by atoms with Crippen LogP contribution in [-0.4, -0.2) is 34.7 Å². The van der Waals surface area contributed by atoms with Crippen molar-refractivity contribution in [3.8, 4) is 0 Å². The first kappa shape index (κ1) is 8.84. The number of aliphatic hydroxyl groups excluding tert-OH is 2. The predicted molar refractivity (Wildman–Crippen MR) is 30.8 cm³/mol. The zero-order valence-corrected chi connectivity index (χ0v) is 5.08. The summed E-state index contributed by atoms with van der Waals surface area (Å²) in [5, 5.41) is 17.1. The molecule has 0 radical (unpaired) electrons. The molecule has 4 nitrogen and oxygen atoms in total. The molecule has 1 aliphatic heterocycles. The normalized spacial score (nSPS) is 34.0. The summed E-state index contributed by atoms with van der Waals surface area (Å²) in [6.07, 6.45) is 0.681. The lowest BCUT2D eigenvalue weighted by Gasteiger charge is -2.04. The van der Waals surface area contributed by atoms with E-state index in [0.29, 0.717) is 6.42 Å². The van der Waals surface area contributed by atoms with E-state index in [1.807, 2.05) is 0 Å². The van der Waals surface area contributed by atoms with Gasteiger partial charge in [-0.25, -0.2) is 0 Å². The van der Waals surface area contributed by atoms with E-state index in [9.17, 15) is 0 Å². The Hall–Kier alpha value is -0.160. The van der Waals surface area contributed by atoms with Crippen LogP contribution in [-0.2, 0) is 4.74 Å². The lowest BCUT2D eigenvalue weighted by Crippen LogP contribution is -2.13. The highest BCUT2D eigenvalue weighted by Crippen LogP contribution is 2.16. The van der Waals surface area contributed by atoms with Gasteiger partial charge in [0.15, 0.2) is 6.29 Å². The maximum Gasteiger partial charge on any atom is 0.155 e. The monoisotopic (exact) mass is 136 g/mol. The Kier molecular flexibility index (Phi) is 3.72. The van der Waals surface area contributed by atoms with Crippen molar-refractivity contribution in [1.29, 1.82) is 0 Å². The van der Waals surface area contributed by atoms with Crippen LogP contribution in [0.15, 0.2) is 0 Å². The molecule has 0 aliphatic carbocycles. The number of ether oxygens (including phenoxy) is 1. The van der Waals surface area contributed by atoms with Crippen LogP contribution >= 0.6 is 0 Å². The third kappa shape index (κ3) is 2.28. The summed E-state index contributed by atoms with van der Waals surface area (Å²) in [4.78, 5) is 0. The lowest BCUT2D eigenvalue weighted by molar-refractivity contribution is -0.101. The van der Waals surface area contributed by atoms with Crippen LogP contribution in [0.4, 0.5) is 0 Å². The van der Waals surface area contributed by atoms with Gasteiger partial charge in [0.05, 0.1) is 12.7 Å². The molecule has 4 heteroatoms. The molecule has 0 aromatic rings. The SMILES string of the molecule is O.OCC1CCC(O)O1. The van der Waals surface area contributed by atoms with Crippen molar-refractivity contribution >= 4 is 0 Å². The molecule has 1 rings (SSSR count). The summed E-state index contributed by atoms with van der Waals surface area (Å²) in [6.45, 7) is 0.0249. The molecule has 0 bridgehead atoms. The lowest BCUT2D eigenvalue weighted by atomic mass is 10.2. The average Bonchev–Trinajstić information content (AvgIpc) is 2.14. The number of rotatable bonds is 1. The van der Waals surface area contributed by atoms with Crippen LogP contribution in [0.2, 0.25) is 0 Å². The van der Waals surface area contributed by atoms with Crippen LogP contribution < -0.4 is 0 Å². The van der Waals surface area contributed by atoms with E-state index in [-0.39, 0.29) is 18.2 Å². The first-order chi connectivity index (χ1) is 3.83. The van der Waals surface area contributed by atoms with Gasteiger partial charge in [-0.3, -0.25) is 0 Å². The number of aliphatic hydroxyl groups is 2. The molecule has 4 N–H and O–H groups in total. The topological polar surface area (TPSA) is 81.2 Å². The van der Waals surface area contributed by atoms with Gasteiger partial charge in [0, 0.05) is 6.42 Å². The standard InChI is InChI=1S/C5H10O3.H2O/c6-3-4-1-2-5(7)8-4;/h4-7H,1-3H2;1H2. The van der Waals surface area contributed by atoms with Crippen molar-refractivity contribution in [2.75, 3.05) is 6.61 Å². The van der Waals surface area contributed by atoms with Crippen LogP contribution in [0.5, 0.6) is 0 Å². The van der Waals surface area contributed by atoms with Crippen molar-refractivity contribution in [3.05, 3.63) is 0 Å². The molecule has 0 saturated carbocycles. The molecule has 2 unspecified atom stereocenters. The van der Waals surface area contributed by atoms with Crippen molar-refractivity contribution in [3.63, 3.8) is 0 Å². The van der Waals surface area contributed by atoms with Gasteiger partial charge in [0.25, 0.3) is 0 Å². The maximum absolute atomic E-state index is 8.70. The molecule has 0 aromatic carbocycles. The largest absolute Gasteiger partial charge is 0.412 e. The molecule has 0 spiro atoms. The van der Waals surface area contributed by atoms with E-state index < -0.39 is 6.29 Å². The quantitative estimate of drug-likeness (QED) is 0.467. The summed E-state index contributed by atoms with van der Waals surface area (Å²) < 4.78 is 4.82. The molecule has 1 saturated heterocycles. The molecule has 2 atom stereocenters. The maximum atomic E-state index is 8.70. The minimum Gasteiger partial charge on any atom is -0.412 e. The van der Waals surface area contributed by atoms with Gasteiger partial charge in [-0.2, -0.15) is 0 Å². The van der Waals surface area contributed by atoms with E-state index >= 15 is 0 Å². The first-order valence-electron chi connectivity index (χ1n) is 2.77. The fourth-order valence-electron chi connectivity index (χ4n) is 0.821. The van der Waals surface area contributed by atoms with Gasteiger partial charge in [-0.05, 0) is 6.42 Å². The molecule has 1 heterocycles. The fraction of sp³-hybridized carbons (Fsp3) is 1.00. The highest BCUT2D eigenvalue weighted by molar-refractivity contribution is 4.64. The minimum atomic E-state index is -0.632. The third-order valence-electron chi connectivity index (χ3n) is 1.29.